The Morgan fingerprint density at radius 2 is 2.19 bits per heavy atom. The Labute approximate surface area is 153 Å². The standard InChI is InChI=1S/C14H21N5O8/c1-6(20)18-11-8(26-5-10(15)25-2)3-9(14(23)24)27-13(11)12(22)7(21)4-17-19-16/h3,7-8,11-13,15,21-22H,4-5H2,1-2H3,(H,18,20)(H,23,24)/t7-,8+,11-,12-,13-/m1/s1. The average Bonchev–Trinajstić information content (AvgIpc) is 2.63. The number of carboxylic acid groups (broad SMARTS) is 1. The maximum atomic E-state index is 11.5. The normalized spacial score (nSPS) is 23.7. The van der Waals surface area contributed by atoms with Crippen LogP contribution in [0, 0.1) is 5.41 Å². The number of amides is 1. The van der Waals surface area contributed by atoms with Gasteiger partial charge in [-0.05, 0) is 11.6 Å². The van der Waals surface area contributed by atoms with Crippen LogP contribution in [0.25, 0.3) is 10.4 Å². The Bertz CT molecular complexity index is 647. The summed E-state index contributed by atoms with van der Waals surface area (Å²) in [7, 11) is 1.25. The Morgan fingerprint density at radius 3 is 2.70 bits per heavy atom. The van der Waals surface area contributed by atoms with Crippen molar-refractivity contribution in [3.63, 3.8) is 0 Å². The molecular formula is C14H21N5O8. The second kappa shape index (κ2) is 10.3. The summed E-state index contributed by atoms with van der Waals surface area (Å²) in [6, 6.07) is -1.11. The smallest absolute Gasteiger partial charge is 0.370 e. The third kappa shape index (κ3) is 6.42. The van der Waals surface area contributed by atoms with Gasteiger partial charge in [0.05, 0.1) is 25.8 Å². The lowest BCUT2D eigenvalue weighted by Crippen LogP contribution is -2.60. The zero-order chi connectivity index (χ0) is 20.6. The molecule has 0 spiro atoms. The number of carbonyl (C=O) groups is 2. The maximum Gasteiger partial charge on any atom is 0.370 e. The summed E-state index contributed by atoms with van der Waals surface area (Å²) in [5, 5.41) is 42.5. The van der Waals surface area contributed by atoms with Gasteiger partial charge in [-0.3, -0.25) is 10.2 Å². The summed E-state index contributed by atoms with van der Waals surface area (Å²) in [4.78, 5) is 25.3. The molecule has 1 heterocycles. The van der Waals surface area contributed by atoms with Gasteiger partial charge in [-0.15, -0.1) is 0 Å². The molecule has 1 aliphatic heterocycles. The van der Waals surface area contributed by atoms with Crippen molar-refractivity contribution in [3.05, 3.63) is 22.3 Å². The summed E-state index contributed by atoms with van der Waals surface area (Å²) in [5.41, 5.74) is 8.32. The van der Waals surface area contributed by atoms with E-state index in [1.807, 2.05) is 0 Å². The number of rotatable bonds is 9. The predicted molar refractivity (Wildman–Crippen MR) is 88.7 cm³/mol. The quantitative estimate of drug-likeness (QED) is 0.108. The minimum atomic E-state index is -1.72. The molecule has 5 N–H and O–H groups in total. The second-order valence-corrected chi connectivity index (χ2v) is 5.52. The highest BCUT2D eigenvalue weighted by atomic mass is 16.6. The molecular weight excluding hydrogens is 366 g/mol. The number of azide groups is 1. The number of hydrogen-bond acceptors (Lipinski definition) is 9. The van der Waals surface area contributed by atoms with Gasteiger partial charge in [-0.1, -0.05) is 5.11 Å². The zero-order valence-electron chi connectivity index (χ0n) is 14.6. The van der Waals surface area contributed by atoms with Gasteiger partial charge in [0.2, 0.25) is 17.6 Å². The topological polar surface area (TPSA) is 207 Å². The van der Waals surface area contributed by atoms with E-state index in [9.17, 15) is 24.9 Å². The Kier molecular flexibility index (Phi) is 8.48. The lowest BCUT2D eigenvalue weighted by Gasteiger charge is -2.39. The molecule has 150 valence electrons. The molecule has 1 rings (SSSR count). The fraction of sp³-hybridized carbons (Fsp3) is 0.643. The van der Waals surface area contributed by atoms with Gasteiger partial charge in [-0.2, -0.15) is 0 Å². The van der Waals surface area contributed by atoms with Crippen LogP contribution < -0.4 is 5.32 Å². The van der Waals surface area contributed by atoms with Crippen LogP contribution in [-0.2, 0) is 23.8 Å². The first-order valence-corrected chi connectivity index (χ1v) is 7.70. The first-order valence-electron chi connectivity index (χ1n) is 7.70. The highest BCUT2D eigenvalue weighted by molar-refractivity contribution is 5.84. The number of carboxylic acids is 1. The first kappa shape index (κ1) is 22.2. The van der Waals surface area contributed by atoms with Crippen molar-refractivity contribution >= 4 is 17.8 Å². The Morgan fingerprint density at radius 1 is 1.52 bits per heavy atom. The molecule has 1 aliphatic rings. The van der Waals surface area contributed by atoms with E-state index in [0.29, 0.717) is 0 Å². The van der Waals surface area contributed by atoms with E-state index >= 15 is 0 Å². The molecule has 0 aromatic heterocycles. The number of nitrogens with one attached hydrogen (secondary N) is 2. The molecule has 0 radical (unpaired) electrons. The van der Waals surface area contributed by atoms with E-state index in [1.165, 1.54) is 14.0 Å². The zero-order valence-corrected chi connectivity index (χ0v) is 14.6. The fourth-order valence-corrected chi connectivity index (χ4v) is 2.33. The molecule has 13 heteroatoms. The molecule has 0 aromatic rings. The third-order valence-corrected chi connectivity index (χ3v) is 3.58. The van der Waals surface area contributed by atoms with Crippen LogP contribution in [0.3, 0.4) is 0 Å². The lowest BCUT2D eigenvalue weighted by molar-refractivity contribution is -0.148. The van der Waals surface area contributed by atoms with Gasteiger partial charge in [0, 0.05) is 11.8 Å². The van der Waals surface area contributed by atoms with Crippen LogP contribution in [0.4, 0.5) is 0 Å². The molecule has 0 saturated carbocycles. The minimum Gasteiger partial charge on any atom is -0.483 e. The van der Waals surface area contributed by atoms with Gasteiger partial charge >= 0.3 is 5.97 Å². The van der Waals surface area contributed by atoms with Gasteiger partial charge in [0.1, 0.15) is 18.8 Å². The highest BCUT2D eigenvalue weighted by Crippen LogP contribution is 2.25. The highest BCUT2D eigenvalue weighted by Gasteiger charge is 2.44. The van der Waals surface area contributed by atoms with Crippen molar-refractivity contribution in [2.24, 2.45) is 5.11 Å². The van der Waals surface area contributed by atoms with Gasteiger partial charge < -0.3 is 34.8 Å². The van der Waals surface area contributed by atoms with Gasteiger partial charge in [-0.25, -0.2) is 4.79 Å². The average molecular weight is 387 g/mol. The summed E-state index contributed by atoms with van der Waals surface area (Å²) in [6.45, 7) is 0.339. The molecule has 27 heavy (non-hydrogen) atoms. The molecule has 0 fully saturated rings. The molecule has 0 unspecified atom stereocenters. The van der Waals surface area contributed by atoms with Crippen LogP contribution in [0.1, 0.15) is 6.92 Å². The van der Waals surface area contributed by atoms with Crippen LogP contribution in [-0.4, -0.2) is 83.8 Å². The lowest BCUT2D eigenvalue weighted by atomic mass is 9.93. The number of aliphatic hydroxyl groups excluding tert-OH is 2. The van der Waals surface area contributed by atoms with Gasteiger partial charge in [0.15, 0.2) is 6.10 Å². The van der Waals surface area contributed by atoms with Crippen molar-refractivity contribution < 1.29 is 39.1 Å². The second-order valence-electron chi connectivity index (χ2n) is 5.52. The van der Waals surface area contributed by atoms with E-state index in [2.05, 4.69) is 20.1 Å². The Hall–Kier alpha value is -2.86. The molecule has 0 bridgehead atoms. The van der Waals surface area contributed by atoms with E-state index in [-0.39, 0.29) is 12.5 Å². The minimum absolute atomic E-state index is 0.256. The van der Waals surface area contributed by atoms with Gasteiger partial charge in [0.25, 0.3) is 0 Å². The summed E-state index contributed by atoms with van der Waals surface area (Å²) in [6.07, 6.45) is -4.79. The van der Waals surface area contributed by atoms with E-state index in [4.69, 9.17) is 20.4 Å². The third-order valence-electron chi connectivity index (χ3n) is 3.58. The molecule has 0 aromatic carbocycles. The number of hydrogen-bond donors (Lipinski definition) is 5. The van der Waals surface area contributed by atoms with Crippen LogP contribution in [0.15, 0.2) is 16.9 Å². The van der Waals surface area contributed by atoms with Crippen LogP contribution >= 0.6 is 0 Å². The number of carbonyl (C=O) groups excluding carboxylic acids is 1. The van der Waals surface area contributed by atoms with E-state index in [1.54, 1.807) is 0 Å². The summed E-state index contributed by atoms with van der Waals surface area (Å²) < 4.78 is 15.3. The van der Waals surface area contributed by atoms with Crippen molar-refractivity contribution in [1.82, 2.24) is 5.32 Å². The van der Waals surface area contributed by atoms with Crippen molar-refractivity contribution in [3.8, 4) is 0 Å². The molecule has 0 saturated heterocycles. The maximum absolute atomic E-state index is 11.5. The Balaban J connectivity index is 3.18. The SMILES string of the molecule is COC(=N)CO[C@H]1C=C(C(=O)O)O[C@@H]([C@H](O)[C@H](O)CN=[N+]=[N-])[C@@H]1NC(C)=O. The summed E-state index contributed by atoms with van der Waals surface area (Å²) >= 11 is 0. The molecule has 0 aliphatic carbocycles. The number of nitrogens with zero attached hydrogens (tertiary/aromatic N) is 3. The fourth-order valence-electron chi connectivity index (χ4n) is 2.33. The predicted octanol–water partition coefficient (Wildman–Crippen LogP) is -1.10. The summed E-state index contributed by atoms with van der Waals surface area (Å²) in [5.74, 6) is -2.83. The van der Waals surface area contributed by atoms with E-state index < -0.39 is 54.6 Å². The molecule has 1 amide bonds. The van der Waals surface area contributed by atoms with Crippen molar-refractivity contribution in [1.29, 1.82) is 5.41 Å². The van der Waals surface area contributed by atoms with Crippen LogP contribution in [0.5, 0.6) is 0 Å². The number of methoxy groups -OCH3 is 1. The number of ether oxygens (including phenoxy) is 3. The molecule has 5 atom stereocenters. The van der Waals surface area contributed by atoms with E-state index in [0.717, 1.165) is 6.08 Å². The van der Waals surface area contributed by atoms with Crippen LogP contribution in [0.2, 0.25) is 0 Å². The van der Waals surface area contributed by atoms with Crippen molar-refractivity contribution in [2.75, 3.05) is 20.3 Å². The largest absolute Gasteiger partial charge is 0.483 e. The number of aliphatic carboxylic acids is 1. The van der Waals surface area contributed by atoms with Crippen molar-refractivity contribution in [2.45, 2.75) is 37.4 Å². The number of aliphatic hydroxyl groups is 2. The molecule has 13 nitrogen and oxygen atoms in total. The monoisotopic (exact) mass is 387 g/mol. The first-order chi connectivity index (χ1) is 12.7.